The predicted octanol–water partition coefficient (Wildman–Crippen LogP) is 1.63. The maximum Gasteiger partial charge on any atom is 0.312 e. The SMILES string of the molecule is CCOC(=O)[C@H]1[C@H]2C(=O)N([C@@H](CO)[C@@H](C)CC)C(C(=O)NCn3nnc4ccccc43)C23CC[C@]1(CC)O3. The summed E-state index contributed by atoms with van der Waals surface area (Å²) in [4.78, 5) is 43.0. The van der Waals surface area contributed by atoms with E-state index in [9.17, 15) is 19.5 Å². The Labute approximate surface area is 221 Å². The number of ether oxygens (including phenoxy) is 2. The Morgan fingerprint density at radius 2 is 2.03 bits per heavy atom. The summed E-state index contributed by atoms with van der Waals surface area (Å²) in [7, 11) is 0. The van der Waals surface area contributed by atoms with Gasteiger partial charge in [-0.25, -0.2) is 4.68 Å². The number of aliphatic hydroxyl groups excluding tert-OH is 1. The van der Waals surface area contributed by atoms with Crippen molar-refractivity contribution in [1.82, 2.24) is 25.2 Å². The third kappa shape index (κ3) is 3.73. The number of esters is 1. The van der Waals surface area contributed by atoms with Gasteiger partial charge in [0.2, 0.25) is 11.8 Å². The number of rotatable bonds is 10. The van der Waals surface area contributed by atoms with Gasteiger partial charge in [-0.3, -0.25) is 14.4 Å². The first-order chi connectivity index (χ1) is 18.3. The Bertz CT molecular complexity index is 1230. The lowest BCUT2D eigenvalue weighted by atomic mass is 9.65. The highest BCUT2D eigenvalue weighted by atomic mass is 16.6. The molecule has 38 heavy (non-hydrogen) atoms. The third-order valence-electron chi connectivity index (χ3n) is 9.08. The minimum Gasteiger partial charge on any atom is -0.466 e. The van der Waals surface area contributed by atoms with Crippen molar-refractivity contribution in [3.05, 3.63) is 24.3 Å². The fraction of sp³-hybridized carbons (Fsp3) is 0.667. The lowest BCUT2D eigenvalue weighted by Crippen LogP contribution is -2.59. The van der Waals surface area contributed by atoms with E-state index in [2.05, 4.69) is 15.6 Å². The molecule has 2 unspecified atom stereocenters. The number of aliphatic hydroxyl groups is 1. The second-order valence-electron chi connectivity index (χ2n) is 10.7. The number of nitrogens with one attached hydrogen (secondary N) is 1. The van der Waals surface area contributed by atoms with Crippen LogP contribution in [0.2, 0.25) is 0 Å². The average Bonchev–Trinajstić information content (AvgIpc) is 3.65. The van der Waals surface area contributed by atoms with Crippen LogP contribution < -0.4 is 5.32 Å². The van der Waals surface area contributed by atoms with Crippen LogP contribution in [-0.2, 0) is 30.5 Å². The Balaban J connectivity index is 1.53. The molecule has 1 aromatic heterocycles. The summed E-state index contributed by atoms with van der Waals surface area (Å²) in [5, 5.41) is 21.6. The van der Waals surface area contributed by atoms with E-state index >= 15 is 0 Å². The molecule has 1 aromatic carbocycles. The van der Waals surface area contributed by atoms with E-state index in [4.69, 9.17) is 9.47 Å². The van der Waals surface area contributed by atoms with Crippen molar-refractivity contribution in [2.75, 3.05) is 13.2 Å². The van der Waals surface area contributed by atoms with Gasteiger partial charge in [0.05, 0.1) is 36.3 Å². The van der Waals surface area contributed by atoms with Gasteiger partial charge in [-0.1, -0.05) is 44.5 Å². The molecule has 4 heterocycles. The van der Waals surface area contributed by atoms with E-state index in [0.717, 1.165) is 5.52 Å². The van der Waals surface area contributed by atoms with Gasteiger partial charge in [0.1, 0.15) is 29.7 Å². The van der Waals surface area contributed by atoms with Gasteiger partial charge in [0, 0.05) is 0 Å². The summed E-state index contributed by atoms with van der Waals surface area (Å²) < 4.78 is 13.7. The van der Waals surface area contributed by atoms with Gasteiger partial charge in [-0.2, -0.15) is 0 Å². The number of carbonyl (C=O) groups excluding carboxylic acids is 3. The fourth-order valence-corrected chi connectivity index (χ4v) is 7.00. The van der Waals surface area contributed by atoms with Crippen molar-refractivity contribution in [3.63, 3.8) is 0 Å². The van der Waals surface area contributed by atoms with E-state index in [1.54, 1.807) is 11.6 Å². The normalized spacial score (nSPS) is 31.4. The number of likely N-dealkylation sites (tertiary alicyclic amines) is 1. The summed E-state index contributed by atoms with van der Waals surface area (Å²) in [6.07, 6.45) is 2.24. The molecule has 5 rings (SSSR count). The number of para-hydroxylation sites is 1. The Kier molecular flexibility index (Phi) is 6.93. The van der Waals surface area contributed by atoms with Gasteiger partial charge in [0.25, 0.3) is 0 Å². The minimum atomic E-state index is -1.18. The van der Waals surface area contributed by atoms with E-state index in [0.29, 0.717) is 31.2 Å². The Morgan fingerprint density at radius 1 is 1.26 bits per heavy atom. The largest absolute Gasteiger partial charge is 0.466 e. The predicted molar refractivity (Wildman–Crippen MR) is 136 cm³/mol. The van der Waals surface area contributed by atoms with Crippen LogP contribution in [0.3, 0.4) is 0 Å². The molecule has 2 bridgehead atoms. The van der Waals surface area contributed by atoms with Crippen molar-refractivity contribution in [1.29, 1.82) is 0 Å². The zero-order valence-electron chi connectivity index (χ0n) is 22.4. The smallest absolute Gasteiger partial charge is 0.312 e. The quantitative estimate of drug-likeness (QED) is 0.445. The Hall–Kier alpha value is -3.05. The summed E-state index contributed by atoms with van der Waals surface area (Å²) in [6.45, 7) is 7.54. The molecule has 2 N–H and O–H groups in total. The molecule has 11 heteroatoms. The van der Waals surface area contributed by atoms with Crippen LogP contribution in [0.25, 0.3) is 11.0 Å². The molecule has 3 aliphatic heterocycles. The first-order valence-corrected chi connectivity index (χ1v) is 13.6. The number of nitrogens with zero attached hydrogens (tertiary/aromatic N) is 4. The Morgan fingerprint density at radius 3 is 2.71 bits per heavy atom. The average molecular weight is 528 g/mol. The van der Waals surface area contributed by atoms with Crippen LogP contribution in [0.5, 0.6) is 0 Å². The van der Waals surface area contributed by atoms with Crippen molar-refractivity contribution in [3.8, 4) is 0 Å². The summed E-state index contributed by atoms with van der Waals surface area (Å²) in [5.74, 6) is -2.93. The van der Waals surface area contributed by atoms with Crippen molar-refractivity contribution in [2.45, 2.75) is 83.3 Å². The number of aromatic nitrogens is 3. The molecule has 2 aromatic rings. The van der Waals surface area contributed by atoms with Gasteiger partial charge in [-0.05, 0) is 44.2 Å². The van der Waals surface area contributed by atoms with E-state index < -0.39 is 47.0 Å². The molecule has 0 saturated carbocycles. The third-order valence-corrected chi connectivity index (χ3v) is 9.08. The number of hydrogen-bond donors (Lipinski definition) is 2. The minimum absolute atomic E-state index is 0.0476. The number of carbonyl (C=O) groups is 3. The molecule has 0 radical (unpaired) electrons. The topological polar surface area (TPSA) is 136 Å². The molecular weight excluding hydrogens is 490 g/mol. The van der Waals surface area contributed by atoms with Crippen molar-refractivity contribution >= 4 is 28.8 Å². The lowest BCUT2D eigenvalue weighted by Gasteiger charge is -2.39. The van der Waals surface area contributed by atoms with Crippen LogP contribution >= 0.6 is 0 Å². The van der Waals surface area contributed by atoms with E-state index in [1.807, 2.05) is 45.0 Å². The second kappa shape index (κ2) is 9.92. The number of amides is 2. The molecule has 206 valence electrons. The van der Waals surface area contributed by atoms with Crippen molar-refractivity contribution in [2.24, 2.45) is 17.8 Å². The van der Waals surface area contributed by atoms with Crippen LogP contribution in [0.15, 0.2) is 24.3 Å². The summed E-state index contributed by atoms with van der Waals surface area (Å²) in [5.41, 5.74) is -0.568. The molecule has 2 amide bonds. The first-order valence-electron chi connectivity index (χ1n) is 13.6. The molecule has 11 nitrogen and oxygen atoms in total. The molecule has 7 atom stereocenters. The van der Waals surface area contributed by atoms with E-state index in [1.165, 1.54) is 4.90 Å². The fourth-order valence-electron chi connectivity index (χ4n) is 7.00. The maximum absolute atomic E-state index is 14.2. The second-order valence-corrected chi connectivity index (χ2v) is 10.7. The maximum atomic E-state index is 14.2. The molecule has 1 spiro atoms. The van der Waals surface area contributed by atoms with E-state index in [-0.39, 0.29) is 31.7 Å². The highest BCUT2D eigenvalue weighted by Crippen LogP contribution is 2.64. The van der Waals surface area contributed by atoms with Crippen LogP contribution in [0.4, 0.5) is 0 Å². The van der Waals surface area contributed by atoms with Crippen LogP contribution in [0.1, 0.15) is 53.4 Å². The van der Waals surface area contributed by atoms with Crippen molar-refractivity contribution < 1.29 is 29.0 Å². The zero-order valence-corrected chi connectivity index (χ0v) is 22.4. The first kappa shape index (κ1) is 26.6. The van der Waals surface area contributed by atoms with Crippen LogP contribution in [-0.4, -0.2) is 79.3 Å². The monoisotopic (exact) mass is 527 g/mol. The standard InChI is InChI=1S/C27H37N5O6/c1-5-16(4)19(14-33)32-22(23(34)28-15-31-18-11-9-8-10-17(18)29-30-31)27-13-12-26(6-2,38-27)21(20(27)24(32)35)25(36)37-7-3/h8-11,16,19-22,33H,5-7,12-15H2,1-4H3,(H,28,34)/t16-,19-,20-,21+,22?,26-,27?/m0/s1. The molecular formula is C27H37N5O6. The highest BCUT2D eigenvalue weighted by molar-refractivity contribution is 5.98. The van der Waals surface area contributed by atoms with Gasteiger partial charge >= 0.3 is 5.97 Å². The molecule has 3 saturated heterocycles. The van der Waals surface area contributed by atoms with Gasteiger partial charge in [0.15, 0.2) is 0 Å². The lowest BCUT2D eigenvalue weighted by molar-refractivity contribution is -0.162. The van der Waals surface area contributed by atoms with Crippen LogP contribution in [0, 0.1) is 17.8 Å². The molecule has 3 fully saturated rings. The zero-order chi connectivity index (χ0) is 27.2. The summed E-state index contributed by atoms with van der Waals surface area (Å²) in [6, 6.07) is 5.83. The molecule has 3 aliphatic rings. The van der Waals surface area contributed by atoms with Gasteiger partial charge < -0.3 is 24.8 Å². The number of hydrogen-bond acceptors (Lipinski definition) is 8. The van der Waals surface area contributed by atoms with Gasteiger partial charge in [-0.15, -0.1) is 5.10 Å². The summed E-state index contributed by atoms with van der Waals surface area (Å²) >= 11 is 0. The number of fused-ring (bicyclic) bond motifs is 2. The number of benzene rings is 1. The highest BCUT2D eigenvalue weighted by Gasteiger charge is 2.79. The molecule has 0 aliphatic carbocycles.